The van der Waals surface area contributed by atoms with Gasteiger partial charge in [-0.05, 0) is 0 Å². The van der Waals surface area contributed by atoms with E-state index in [9.17, 15) is 4.79 Å². The Morgan fingerprint density at radius 1 is 1.62 bits per heavy atom. The molecule has 4 nitrogen and oxygen atoms in total. The van der Waals surface area contributed by atoms with Crippen molar-refractivity contribution in [1.82, 2.24) is 5.32 Å². The normalized spacial score (nSPS) is 21.3. The van der Waals surface area contributed by atoms with E-state index in [1.54, 1.807) is 0 Å². The second-order valence-electron chi connectivity index (χ2n) is 2.51. The second-order valence-corrected chi connectivity index (χ2v) is 2.51. The largest absolute Gasteiger partial charge is 0.469 e. The molecule has 0 radical (unpaired) electrons. The summed E-state index contributed by atoms with van der Waals surface area (Å²) in [6, 6.07) is 0.135. The standard InChI is InChI=1S/C7H13NO3.C2H6/c1-10-7(9)4-6-5-11-3-2-8-6;1-2/h6,8H,2-5H2,1H3;1-2H3. The van der Waals surface area contributed by atoms with Gasteiger partial charge >= 0.3 is 5.97 Å². The highest BCUT2D eigenvalue weighted by Gasteiger charge is 2.16. The highest BCUT2D eigenvalue weighted by atomic mass is 16.5. The number of ether oxygens (including phenoxy) is 2. The molecule has 0 amide bonds. The maximum atomic E-state index is 10.8. The summed E-state index contributed by atoms with van der Waals surface area (Å²) in [4.78, 5) is 10.8. The zero-order chi connectivity index (χ0) is 10.1. The minimum absolute atomic E-state index is 0.135. The molecule has 0 aromatic rings. The molecule has 1 unspecified atom stereocenters. The van der Waals surface area contributed by atoms with Crippen LogP contribution in [0.4, 0.5) is 0 Å². The Hall–Kier alpha value is -0.610. The first-order valence-electron chi connectivity index (χ1n) is 4.71. The lowest BCUT2D eigenvalue weighted by Gasteiger charge is -2.22. The predicted octanol–water partition coefficient (Wildman–Crippen LogP) is 0.564. The smallest absolute Gasteiger partial charge is 0.307 e. The van der Waals surface area contributed by atoms with Crippen LogP contribution in [-0.2, 0) is 14.3 Å². The lowest BCUT2D eigenvalue weighted by atomic mass is 10.2. The quantitative estimate of drug-likeness (QED) is 0.645. The minimum atomic E-state index is -0.187. The van der Waals surface area contributed by atoms with Crippen molar-refractivity contribution in [2.45, 2.75) is 26.3 Å². The van der Waals surface area contributed by atoms with E-state index < -0.39 is 0 Å². The molecule has 1 atom stereocenters. The molecule has 4 heteroatoms. The molecule has 0 saturated carbocycles. The summed E-state index contributed by atoms with van der Waals surface area (Å²) in [7, 11) is 1.39. The van der Waals surface area contributed by atoms with Crippen molar-refractivity contribution < 1.29 is 14.3 Å². The molecule has 0 bridgehead atoms. The van der Waals surface area contributed by atoms with Gasteiger partial charge in [-0.3, -0.25) is 4.79 Å². The van der Waals surface area contributed by atoms with Gasteiger partial charge in [0.05, 0.1) is 26.7 Å². The van der Waals surface area contributed by atoms with Gasteiger partial charge < -0.3 is 14.8 Å². The van der Waals surface area contributed by atoms with E-state index in [0.29, 0.717) is 13.0 Å². The summed E-state index contributed by atoms with van der Waals surface area (Å²) < 4.78 is 9.68. The fraction of sp³-hybridized carbons (Fsp3) is 0.889. The van der Waals surface area contributed by atoms with Crippen LogP contribution in [0.25, 0.3) is 0 Å². The summed E-state index contributed by atoms with van der Waals surface area (Å²) in [5.74, 6) is -0.187. The Balaban J connectivity index is 0.000000671. The lowest BCUT2D eigenvalue weighted by Crippen LogP contribution is -2.42. The third kappa shape index (κ3) is 5.60. The fourth-order valence-corrected chi connectivity index (χ4v) is 1.04. The summed E-state index contributed by atoms with van der Waals surface area (Å²) in [5, 5.41) is 3.16. The molecule has 0 aliphatic carbocycles. The van der Waals surface area contributed by atoms with E-state index in [4.69, 9.17) is 4.74 Å². The van der Waals surface area contributed by atoms with E-state index >= 15 is 0 Å². The maximum absolute atomic E-state index is 10.8. The zero-order valence-corrected chi connectivity index (χ0v) is 8.63. The van der Waals surface area contributed by atoms with Crippen molar-refractivity contribution in [1.29, 1.82) is 0 Å². The van der Waals surface area contributed by atoms with Crippen LogP contribution in [0, 0.1) is 0 Å². The maximum Gasteiger partial charge on any atom is 0.307 e. The van der Waals surface area contributed by atoms with E-state index in [0.717, 1.165) is 13.2 Å². The Morgan fingerprint density at radius 2 is 2.31 bits per heavy atom. The molecule has 0 spiro atoms. The second kappa shape index (κ2) is 8.01. The van der Waals surface area contributed by atoms with Crippen molar-refractivity contribution in [3.8, 4) is 0 Å². The predicted molar refractivity (Wildman–Crippen MR) is 50.6 cm³/mol. The number of carbonyl (C=O) groups excluding carboxylic acids is 1. The van der Waals surface area contributed by atoms with Gasteiger partial charge in [-0.25, -0.2) is 0 Å². The molecule has 1 aliphatic rings. The van der Waals surface area contributed by atoms with Gasteiger partial charge in [-0.2, -0.15) is 0 Å². The monoisotopic (exact) mass is 189 g/mol. The zero-order valence-electron chi connectivity index (χ0n) is 8.63. The van der Waals surface area contributed by atoms with Crippen LogP contribution in [-0.4, -0.2) is 38.9 Å². The highest BCUT2D eigenvalue weighted by Crippen LogP contribution is 1.98. The molecule has 1 saturated heterocycles. The first kappa shape index (κ1) is 12.4. The summed E-state index contributed by atoms with van der Waals surface area (Å²) in [5.41, 5.74) is 0. The number of nitrogens with one attached hydrogen (secondary N) is 1. The third-order valence-corrected chi connectivity index (χ3v) is 1.64. The van der Waals surface area contributed by atoms with E-state index in [1.165, 1.54) is 7.11 Å². The number of carbonyl (C=O) groups is 1. The van der Waals surface area contributed by atoms with Gasteiger partial charge in [0.1, 0.15) is 0 Å². The van der Waals surface area contributed by atoms with Gasteiger partial charge in [0, 0.05) is 12.6 Å². The summed E-state index contributed by atoms with van der Waals surface area (Å²) in [6.45, 7) is 6.16. The summed E-state index contributed by atoms with van der Waals surface area (Å²) in [6.07, 6.45) is 0.399. The van der Waals surface area contributed by atoms with Crippen LogP contribution in [0.15, 0.2) is 0 Å². The molecule has 1 aliphatic heterocycles. The molecular formula is C9H19NO3. The first-order chi connectivity index (χ1) is 6.33. The van der Waals surface area contributed by atoms with Crippen molar-refractivity contribution in [3.63, 3.8) is 0 Å². The average Bonchev–Trinajstić information content (AvgIpc) is 2.22. The van der Waals surface area contributed by atoms with Gasteiger partial charge in [-0.15, -0.1) is 0 Å². The number of methoxy groups -OCH3 is 1. The molecule has 13 heavy (non-hydrogen) atoms. The van der Waals surface area contributed by atoms with Crippen molar-refractivity contribution >= 4 is 5.97 Å². The van der Waals surface area contributed by atoms with E-state index in [-0.39, 0.29) is 12.0 Å². The molecule has 1 fully saturated rings. The van der Waals surface area contributed by atoms with Crippen LogP contribution in [0.2, 0.25) is 0 Å². The van der Waals surface area contributed by atoms with Gasteiger partial charge in [0.25, 0.3) is 0 Å². The van der Waals surface area contributed by atoms with Crippen LogP contribution >= 0.6 is 0 Å². The molecule has 1 heterocycles. The first-order valence-corrected chi connectivity index (χ1v) is 4.71. The van der Waals surface area contributed by atoms with Crippen molar-refractivity contribution in [3.05, 3.63) is 0 Å². The molecule has 78 valence electrons. The van der Waals surface area contributed by atoms with E-state index in [1.807, 2.05) is 13.8 Å². The average molecular weight is 189 g/mol. The van der Waals surface area contributed by atoms with Gasteiger partial charge in [0.2, 0.25) is 0 Å². The molecule has 0 aromatic carbocycles. The minimum Gasteiger partial charge on any atom is -0.469 e. The number of hydrogen-bond donors (Lipinski definition) is 1. The Bertz CT molecular complexity index is 133. The third-order valence-electron chi connectivity index (χ3n) is 1.64. The lowest BCUT2D eigenvalue weighted by molar-refractivity contribution is -0.141. The Morgan fingerprint density at radius 3 is 2.77 bits per heavy atom. The van der Waals surface area contributed by atoms with Crippen LogP contribution in [0.1, 0.15) is 20.3 Å². The van der Waals surface area contributed by atoms with E-state index in [2.05, 4.69) is 10.1 Å². The van der Waals surface area contributed by atoms with Crippen LogP contribution in [0.3, 0.4) is 0 Å². The highest BCUT2D eigenvalue weighted by molar-refractivity contribution is 5.69. The Labute approximate surface area is 79.6 Å². The van der Waals surface area contributed by atoms with Crippen molar-refractivity contribution in [2.75, 3.05) is 26.9 Å². The number of esters is 1. The van der Waals surface area contributed by atoms with Crippen molar-refractivity contribution in [2.24, 2.45) is 0 Å². The Kier molecular flexibility index (Phi) is 7.63. The van der Waals surface area contributed by atoms with Gasteiger partial charge in [0.15, 0.2) is 0 Å². The molecule has 1 N–H and O–H groups in total. The topological polar surface area (TPSA) is 47.6 Å². The number of hydrogen-bond acceptors (Lipinski definition) is 4. The van der Waals surface area contributed by atoms with Crippen LogP contribution in [0.5, 0.6) is 0 Å². The number of morpholine rings is 1. The molecular weight excluding hydrogens is 170 g/mol. The SMILES string of the molecule is CC.COC(=O)CC1COCCN1. The molecule has 0 aromatic heterocycles. The summed E-state index contributed by atoms with van der Waals surface area (Å²) >= 11 is 0. The number of rotatable bonds is 2. The van der Waals surface area contributed by atoms with Gasteiger partial charge in [-0.1, -0.05) is 13.8 Å². The fourth-order valence-electron chi connectivity index (χ4n) is 1.04. The molecule has 1 rings (SSSR count). The van der Waals surface area contributed by atoms with Crippen LogP contribution < -0.4 is 5.32 Å².